The Kier molecular flexibility index (Phi) is 7.24. The van der Waals surface area contributed by atoms with Gasteiger partial charge >= 0.3 is 0 Å². The highest BCUT2D eigenvalue weighted by molar-refractivity contribution is 7.80. The molecule has 0 saturated carbocycles. The van der Waals surface area contributed by atoms with Gasteiger partial charge in [0.2, 0.25) is 0 Å². The SMILES string of the molecule is O=C(COc1ccccc1)Nc1ccc(N2C(=S)N[C@@H](c3ccccn3)[C@H]2c2ccn(-c3ccccc3)c2)cc1. The van der Waals surface area contributed by atoms with Gasteiger partial charge in [0.15, 0.2) is 11.7 Å². The first-order chi connectivity index (χ1) is 19.7. The molecule has 40 heavy (non-hydrogen) atoms. The van der Waals surface area contributed by atoms with Crippen molar-refractivity contribution in [3.8, 4) is 11.4 Å². The monoisotopic (exact) mass is 545 g/mol. The predicted octanol–water partition coefficient (Wildman–Crippen LogP) is 6.07. The second kappa shape index (κ2) is 11.4. The van der Waals surface area contributed by atoms with Crippen molar-refractivity contribution in [3.63, 3.8) is 0 Å². The Hall–Kier alpha value is -4.95. The van der Waals surface area contributed by atoms with Gasteiger partial charge in [0.25, 0.3) is 5.91 Å². The molecule has 0 bridgehead atoms. The number of hydrogen-bond donors (Lipinski definition) is 2. The highest BCUT2D eigenvalue weighted by Crippen LogP contribution is 2.42. The average molecular weight is 546 g/mol. The van der Waals surface area contributed by atoms with E-state index in [1.54, 1.807) is 6.20 Å². The van der Waals surface area contributed by atoms with E-state index in [4.69, 9.17) is 17.0 Å². The van der Waals surface area contributed by atoms with Crippen LogP contribution in [-0.2, 0) is 4.79 Å². The van der Waals surface area contributed by atoms with Gasteiger partial charge in [0.1, 0.15) is 5.75 Å². The number of aromatic nitrogens is 2. The van der Waals surface area contributed by atoms with Gasteiger partial charge in [-0.2, -0.15) is 0 Å². The lowest BCUT2D eigenvalue weighted by molar-refractivity contribution is -0.118. The van der Waals surface area contributed by atoms with Crippen LogP contribution in [0.15, 0.2) is 128 Å². The Labute approximate surface area is 238 Å². The summed E-state index contributed by atoms with van der Waals surface area (Å²) in [6.45, 7) is -0.0713. The zero-order valence-corrected chi connectivity index (χ0v) is 22.4. The number of ether oxygens (including phenoxy) is 1. The molecule has 1 amide bonds. The smallest absolute Gasteiger partial charge is 0.262 e. The third-order valence-corrected chi connectivity index (χ3v) is 7.07. The Morgan fingerprint density at radius 1 is 0.875 bits per heavy atom. The fourth-order valence-corrected chi connectivity index (χ4v) is 5.23. The molecule has 198 valence electrons. The van der Waals surface area contributed by atoms with Crippen molar-refractivity contribution >= 4 is 34.6 Å². The van der Waals surface area contributed by atoms with E-state index in [1.165, 1.54) is 0 Å². The maximum Gasteiger partial charge on any atom is 0.262 e. The molecule has 1 aliphatic heterocycles. The number of para-hydroxylation sites is 2. The number of carbonyl (C=O) groups is 1. The summed E-state index contributed by atoms with van der Waals surface area (Å²) in [5.41, 5.74) is 4.68. The first-order valence-electron chi connectivity index (χ1n) is 13.0. The minimum Gasteiger partial charge on any atom is -0.484 e. The van der Waals surface area contributed by atoms with Crippen LogP contribution in [0.25, 0.3) is 5.69 Å². The molecular weight excluding hydrogens is 518 g/mol. The second-order valence-electron chi connectivity index (χ2n) is 9.38. The summed E-state index contributed by atoms with van der Waals surface area (Å²) >= 11 is 5.85. The number of thiocarbonyl (C=S) groups is 1. The molecule has 3 aromatic carbocycles. The highest BCUT2D eigenvalue weighted by atomic mass is 32.1. The van der Waals surface area contributed by atoms with E-state index in [1.807, 2.05) is 91.0 Å². The second-order valence-corrected chi connectivity index (χ2v) is 9.77. The van der Waals surface area contributed by atoms with Crippen molar-refractivity contribution in [2.24, 2.45) is 0 Å². The van der Waals surface area contributed by atoms with Crippen LogP contribution in [0.5, 0.6) is 5.75 Å². The van der Waals surface area contributed by atoms with Crippen molar-refractivity contribution in [1.29, 1.82) is 0 Å². The molecule has 2 N–H and O–H groups in total. The molecule has 5 aromatic rings. The van der Waals surface area contributed by atoms with Gasteiger partial charge in [0.05, 0.1) is 17.8 Å². The van der Waals surface area contributed by atoms with Gasteiger partial charge in [0, 0.05) is 35.7 Å². The van der Waals surface area contributed by atoms with Crippen LogP contribution in [0.1, 0.15) is 23.3 Å². The zero-order valence-electron chi connectivity index (χ0n) is 21.6. The first-order valence-corrected chi connectivity index (χ1v) is 13.4. The highest BCUT2D eigenvalue weighted by Gasteiger charge is 2.41. The summed E-state index contributed by atoms with van der Waals surface area (Å²) in [5.74, 6) is 0.419. The van der Waals surface area contributed by atoms with E-state index < -0.39 is 0 Å². The van der Waals surface area contributed by atoms with E-state index >= 15 is 0 Å². The van der Waals surface area contributed by atoms with Gasteiger partial charge in [-0.05, 0) is 84.5 Å². The average Bonchev–Trinajstić information content (AvgIpc) is 3.63. The number of amides is 1. The van der Waals surface area contributed by atoms with Crippen molar-refractivity contribution in [1.82, 2.24) is 14.9 Å². The van der Waals surface area contributed by atoms with E-state index in [0.717, 1.165) is 22.6 Å². The fraction of sp³-hybridized carbons (Fsp3) is 0.0938. The summed E-state index contributed by atoms with van der Waals surface area (Å²) in [5, 5.41) is 7.00. The summed E-state index contributed by atoms with van der Waals surface area (Å²) in [4.78, 5) is 19.2. The number of rotatable bonds is 8. The summed E-state index contributed by atoms with van der Waals surface area (Å²) < 4.78 is 7.67. The van der Waals surface area contributed by atoms with Crippen LogP contribution >= 0.6 is 12.2 Å². The lowest BCUT2D eigenvalue weighted by Gasteiger charge is -2.27. The van der Waals surface area contributed by atoms with Crippen LogP contribution in [-0.4, -0.2) is 27.2 Å². The lowest BCUT2D eigenvalue weighted by atomic mass is 9.98. The molecule has 8 heteroatoms. The molecule has 1 aliphatic rings. The predicted molar refractivity (Wildman–Crippen MR) is 161 cm³/mol. The Balaban J connectivity index is 1.24. The molecular formula is C32H27N5O2S. The van der Waals surface area contributed by atoms with Crippen LogP contribution in [0.3, 0.4) is 0 Å². The van der Waals surface area contributed by atoms with Crippen molar-refractivity contribution in [2.75, 3.05) is 16.8 Å². The van der Waals surface area contributed by atoms with Crippen molar-refractivity contribution in [2.45, 2.75) is 12.1 Å². The molecule has 2 atom stereocenters. The minimum absolute atomic E-state index is 0.0713. The zero-order chi connectivity index (χ0) is 27.3. The Morgan fingerprint density at radius 3 is 2.33 bits per heavy atom. The van der Waals surface area contributed by atoms with Crippen LogP contribution < -0.4 is 20.3 Å². The topological polar surface area (TPSA) is 71.4 Å². The Morgan fingerprint density at radius 2 is 1.60 bits per heavy atom. The quantitative estimate of drug-likeness (QED) is 0.231. The number of benzene rings is 3. The molecule has 1 fully saturated rings. The van der Waals surface area contributed by atoms with Crippen LogP contribution in [0.2, 0.25) is 0 Å². The molecule has 0 aliphatic carbocycles. The lowest BCUT2D eigenvalue weighted by Crippen LogP contribution is -2.29. The molecule has 6 rings (SSSR count). The number of carbonyl (C=O) groups excluding carboxylic acids is 1. The van der Waals surface area contributed by atoms with Crippen LogP contribution in [0, 0.1) is 0 Å². The number of hydrogen-bond acceptors (Lipinski definition) is 4. The van der Waals surface area contributed by atoms with Gasteiger partial charge in [-0.15, -0.1) is 0 Å². The number of nitrogens with zero attached hydrogens (tertiary/aromatic N) is 3. The van der Waals surface area contributed by atoms with E-state index in [2.05, 4.69) is 55.7 Å². The maximum atomic E-state index is 12.4. The number of anilines is 2. The molecule has 3 heterocycles. The van der Waals surface area contributed by atoms with Gasteiger partial charge in [-0.3, -0.25) is 9.78 Å². The molecule has 1 saturated heterocycles. The van der Waals surface area contributed by atoms with Crippen molar-refractivity contribution < 1.29 is 9.53 Å². The summed E-state index contributed by atoms with van der Waals surface area (Å²) in [7, 11) is 0. The van der Waals surface area contributed by atoms with Crippen molar-refractivity contribution in [3.05, 3.63) is 139 Å². The minimum atomic E-state index is -0.231. The first kappa shape index (κ1) is 25.3. The van der Waals surface area contributed by atoms with E-state index in [-0.39, 0.29) is 24.6 Å². The van der Waals surface area contributed by atoms with E-state index in [9.17, 15) is 4.79 Å². The van der Waals surface area contributed by atoms with E-state index in [0.29, 0.717) is 16.5 Å². The standard InChI is InChI=1S/C32H27N5O2S/c38-29(22-39-27-11-5-2-6-12-27)34-24-14-16-26(17-15-24)37-31(30(35-32(37)40)28-13-7-8-19-33-28)23-18-20-36(21-23)25-9-3-1-4-10-25/h1-21,30-31H,22H2,(H,34,38)(H,35,40)/t30-,31+/m0/s1. The molecule has 2 aromatic heterocycles. The molecule has 0 radical (unpaired) electrons. The van der Waals surface area contributed by atoms with Crippen LogP contribution in [0.4, 0.5) is 11.4 Å². The molecule has 0 unspecified atom stereocenters. The summed E-state index contributed by atoms with van der Waals surface area (Å²) in [6.07, 6.45) is 6.00. The number of nitrogens with one attached hydrogen (secondary N) is 2. The fourth-order valence-electron chi connectivity index (χ4n) is 4.89. The van der Waals surface area contributed by atoms with Gasteiger partial charge in [-0.1, -0.05) is 42.5 Å². The maximum absolute atomic E-state index is 12.4. The number of pyridine rings is 1. The molecule has 0 spiro atoms. The third kappa shape index (κ3) is 5.43. The Bertz CT molecular complexity index is 1590. The summed E-state index contributed by atoms with van der Waals surface area (Å²) in [6, 6.07) is 34.9. The van der Waals surface area contributed by atoms with Gasteiger partial charge in [-0.25, -0.2) is 0 Å². The molecule has 7 nitrogen and oxygen atoms in total. The van der Waals surface area contributed by atoms with Gasteiger partial charge < -0.3 is 24.8 Å². The third-order valence-electron chi connectivity index (χ3n) is 6.75. The largest absolute Gasteiger partial charge is 0.484 e. The normalized spacial score (nSPS) is 16.4.